The van der Waals surface area contributed by atoms with Crippen molar-refractivity contribution in [3.05, 3.63) is 65.2 Å². The highest BCUT2D eigenvalue weighted by Crippen LogP contribution is 2.28. The van der Waals surface area contributed by atoms with Gasteiger partial charge in [0.05, 0.1) is 11.8 Å². The van der Waals surface area contributed by atoms with Crippen molar-refractivity contribution in [2.75, 3.05) is 11.1 Å². The van der Waals surface area contributed by atoms with Crippen LogP contribution in [-0.4, -0.2) is 21.9 Å². The number of amides is 1. The van der Waals surface area contributed by atoms with E-state index in [1.807, 2.05) is 25.1 Å². The van der Waals surface area contributed by atoms with Crippen LogP contribution in [0.15, 0.2) is 52.9 Å². The minimum absolute atomic E-state index is 0.000758. The highest BCUT2D eigenvalue weighted by Gasteiger charge is 2.14. The first-order valence-corrected chi connectivity index (χ1v) is 11.0. The Bertz CT molecular complexity index is 924. The zero-order chi connectivity index (χ0) is 19.9. The fourth-order valence-electron chi connectivity index (χ4n) is 2.75. The van der Waals surface area contributed by atoms with E-state index in [4.69, 9.17) is 0 Å². The van der Waals surface area contributed by atoms with Gasteiger partial charge in [0.25, 0.3) is 0 Å². The third-order valence-corrected chi connectivity index (χ3v) is 6.20. The summed E-state index contributed by atoms with van der Waals surface area (Å²) in [6, 6.07) is 16.4. The molecule has 0 saturated carbocycles. The molecule has 0 aliphatic heterocycles. The number of nitrogens with one attached hydrogen (secondary N) is 2. The predicted octanol–water partition coefficient (Wildman–Crippen LogP) is 5.26. The van der Waals surface area contributed by atoms with Gasteiger partial charge in [-0.05, 0) is 43.5 Å². The van der Waals surface area contributed by atoms with Crippen LogP contribution in [0.4, 0.5) is 10.8 Å². The summed E-state index contributed by atoms with van der Waals surface area (Å²) in [4.78, 5) is 12.4. The third-order valence-electron chi connectivity index (χ3n) is 4.23. The monoisotopic (exact) mass is 412 g/mol. The molecule has 1 heterocycles. The summed E-state index contributed by atoms with van der Waals surface area (Å²) in [5.41, 5.74) is 4.51. The molecule has 3 rings (SSSR count). The largest absolute Gasteiger partial charge is 0.349 e. The molecule has 0 saturated heterocycles. The van der Waals surface area contributed by atoms with Crippen LogP contribution in [0.1, 0.15) is 36.1 Å². The Kier molecular flexibility index (Phi) is 7.06. The summed E-state index contributed by atoms with van der Waals surface area (Å²) < 4.78 is 0.772. The Balaban J connectivity index is 1.51. The molecular formula is C21H24N4OS2. The number of carbonyl (C=O) groups is 1. The Labute approximate surface area is 174 Å². The number of rotatable bonds is 8. The van der Waals surface area contributed by atoms with Gasteiger partial charge in [0.2, 0.25) is 11.0 Å². The van der Waals surface area contributed by atoms with E-state index in [-0.39, 0.29) is 11.9 Å². The normalized spacial score (nSPS) is 11.8. The van der Waals surface area contributed by atoms with Crippen molar-refractivity contribution < 1.29 is 4.79 Å². The average molecular weight is 413 g/mol. The van der Waals surface area contributed by atoms with Crippen LogP contribution >= 0.6 is 23.1 Å². The molecule has 2 aromatic carbocycles. The minimum atomic E-state index is 0.000758. The molecule has 146 valence electrons. The molecule has 0 fully saturated rings. The number of anilines is 2. The van der Waals surface area contributed by atoms with E-state index >= 15 is 0 Å². The first-order chi connectivity index (χ1) is 13.5. The van der Waals surface area contributed by atoms with Gasteiger partial charge in [-0.25, -0.2) is 0 Å². The molecule has 0 unspecified atom stereocenters. The van der Waals surface area contributed by atoms with Crippen molar-refractivity contribution >= 4 is 39.8 Å². The molecule has 0 radical (unpaired) electrons. The zero-order valence-corrected chi connectivity index (χ0v) is 17.9. The Morgan fingerprint density at radius 2 is 1.89 bits per heavy atom. The molecule has 2 N–H and O–H groups in total. The van der Waals surface area contributed by atoms with Crippen LogP contribution in [0.25, 0.3) is 0 Å². The molecule has 0 aliphatic carbocycles. The SMILES string of the molecule is CC[C@H](NC(=O)CSc1nnc(Nc2cccc(C)c2)s1)c1ccc(C)cc1. The van der Waals surface area contributed by atoms with Gasteiger partial charge >= 0.3 is 0 Å². The molecule has 3 aromatic rings. The number of carbonyl (C=O) groups excluding carboxylic acids is 1. The van der Waals surface area contributed by atoms with Crippen molar-refractivity contribution in [3.8, 4) is 0 Å². The molecule has 1 amide bonds. The lowest BCUT2D eigenvalue weighted by Crippen LogP contribution is -2.29. The smallest absolute Gasteiger partial charge is 0.230 e. The molecular weight excluding hydrogens is 388 g/mol. The number of benzene rings is 2. The number of nitrogens with zero attached hydrogens (tertiary/aromatic N) is 2. The maximum atomic E-state index is 12.4. The van der Waals surface area contributed by atoms with Crippen molar-refractivity contribution in [2.24, 2.45) is 0 Å². The molecule has 1 atom stereocenters. The first kappa shape index (κ1) is 20.4. The van der Waals surface area contributed by atoms with E-state index in [0.717, 1.165) is 27.1 Å². The second kappa shape index (κ2) is 9.71. The van der Waals surface area contributed by atoms with E-state index in [2.05, 4.69) is 65.0 Å². The fourth-order valence-corrected chi connectivity index (χ4v) is 4.33. The minimum Gasteiger partial charge on any atom is -0.349 e. The lowest BCUT2D eigenvalue weighted by molar-refractivity contribution is -0.119. The molecule has 1 aromatic heterocycles. The number of hydrogen-bond acceptors (Lipinski definition) is 6. The van der Waals surface area contributed by atoms with Crippen molar-refractivity contribution in [3.63, 3.8) is 0 Å². The van der Waals surface area contributed by atoms with Crippen LogP contribution in [0, 0.1) is 13.8 Å². The molecule has 7 heteroatoms. The van der Waals surface area contributed by atoms with E-state index in [9.17, 15) is 4.79 Å². The van der Waals surface area contributed by atoms with Crippen LogP contribution in [0.3, 0.4) is 0 Å². The van der Waals surface area contributed by atoms with Gasteiger partial charge in [-0.3, -0.25) is 4.79 Å². The summed E-state index contributed by atoms with van der Waals surface area (Å²) in [6.45, 7) is 6.18. The Morgan fingerprint density at radius 1 is 1.11 bits per heavy atom. The van der Waals surface area contributed by atoms with Gasteiger partial charge in [0.15, 0.2) is 4.34 Å². The summed E-state index contributed by atoms with van der Waals surface area (Å²) in [7, 11) is 0. The van der Waals surface area contributed by atoms with Crippen LogP contribution in [0.2, 0.25) is 0 Å². The van der Waals surface area contributed by atoms with E-state index < -0.39 is 0 Å². The number of aromatic nitrogens is 2. The lowest BCUT2D eigenvalue weighted by atomic mass is 10.0. The highest BCUT2D eigenvalue weighted by molar-refractivity contribution is 8.01. The van der Waals surface area contributed by atoms with Gasteiger partial charge in [0, 0.05) is 5.69 Å². The Morgan fingerprint density at radius 3 is 2.61 bits per heavy atom. The van der Waals surface area contributed by atoms with Crippen LogP contribution < -0.4 is 10.6 Å². The summed E-state index contributed by atoms with van der Waals surface area (Å²) in [5.74, 6) is 0.322. The maximum Gasteiger partial charge on any atom is 0.230 e. The third kappa shape index (κ3) is 5.81. The maximum absolute atomic E-state index is 12.4. The van der Waals surface area contributed by atoms with Crippen LogP contribution in [-0.2, 0) is 4.79 Å². The quantitative estimate of drug-likeness (QED) is 0.494. The fraction of sp³-hybridized carbons (Fsp3) is 0.286. The van der Waals surface area contributed by atoms with Crippen molar-refractivity contribution in [1.82, 2.24) is 15.5 Å². The number of aryl methyl sites for hydroxylation is 2. The van der Waals surface area contributed by atoms with Gasteiger partial charge in [-0.2, -0.15) is 0 Å². The van der Waals surface area contributed by atoms with E-state index in [0.29, 0.717) is 5.75 Å². The zero-order valence-electron chi connectivity index (χ0n) is 16.2. The molecule has 0 aliphatic rings. The number of thioether (sulfide) groups is 1. The second-order valence-electron chi connectivity index (χ2n) is 6.60. The highest BCUT2D eigenvalue weighted by atomic mass is 32.2. The van der Waals surface area contributed by atoms with Crippen LogP contribution in [0.5, 0.6) is 0 Å². The topological polar surface area (TPSA) is 66.9 Å². The molecule has 28 heavy (non-hydrogen) atoms. The van der Waals surface area contributed by atoms with Crippen molar-refractivity contribution in [2.45, 2.75) is 37.6 Å². The van der Waals surface area contributed by atoms with Gasteiger partial charge in [0.1, 0.15) is 0 Å². The van der Waals surface area contributed by atoms with E-state index in [1.165, 1.54) is 34.2 Å². The predicted molar refractivity (Wildman–Crippen MR) is 117 cm³/mol. The summed E-state index contributed by atoms with van der Waals surface area (Å²) >= 11 is 2.85. The van der Waals surface area contributed by atoms with Gasteiger partial charge in [-0.15, -0.1) is 10.2 Å². The second-order valence-corrected chi connectivity index (χ2v) is 8.80. The molecule has 0 bridgehead atoms. The Hall–Kier alpha value is -2.38. The molecule has 5 nitrogen and oxygen atoms in total. The van der Waals surface area contributed by atoms with Crippen molar-refractivity contribution in [1.29, 1.82) is 0 Å². The van der Waals surface area contributed by atoms with Gasteiger partial charge < -0.3 is 10.6 Å². The number of hydrogen-bond donors (Lipinski definition) is 2. The first-order valence-electron chi connectivity index (χ1n) is 9.19. The average Bonchev–Trinajstić information content (AvgIpc) is 3.12. The standard InChI is InChI=1S/C21H24N4OS2/c1-4-18(16-10-8-14(2)9-11-16)23-19(26)13-27-21-25-24-20(28-21)22-17-7-5-6-15(3)12-17/h5-12,18H,4,13H2,1-3H3,(H,22,24)(H,23,26)/t18-/m0/s1. The summed E-state index contributed by atoms with van der Waals surface area (Å²) in [5, 5.41) is 15.4. The van der Waals surface area contributed by atoms with E-state index in [1.54, 1.807) is 0 Å². The summed E-state index contributed by atoms with van der Waals surface area (Å²) in [6.07, 6.45) is 0.850. The molecule has 0 spiro atoms. The lowest BCUT2D eigenvalue weighted by Gasteiger charge is -2.17. The van der Waals surface area contributed by atoms with Gasteiger partial charge in [-0.1, -0.05) is 72.0 Å².